The molecule has 6 heteroatoms. The highest BCUT2D eigenvalue weighted by Gasteiger charge is 2.43. The van der Waals surface area contributed by atoms with Crippen molar-refractivity contribution >= 4 is 22.4 Å². The van der Waals surface area contributed by atoms with Crippen LogP contribution in [0.4, 0.5) is 5.69 Å². The zero-order valence-electron chi connectivity index (χ0n) is 18.8. The molecule has 1 spiro atoms. The molecule has 2 heterocycles. The van der Waals surface area contributed by atoms with E-state index in [-0.39, 0.29) is 11.5 Å². The molecule has 6 nitrogen and oxygen atoms in total. The van der Waals surface area contributed by atoms with Crippen LogP contribution in [0.2, 0.25) is 0 Å². The van der Waals surface area contributed by atoms with Gasteiger partial charge in [-0.1, -0.05) is 48.5 Å². The van der Waals surface area contributed by atoms with Crippen molar-refractivity contribution in [3.63, 3.8) is 0 Å². The molecule has 1 amide bonds. The molecule has 3 aromatic rings. The standard InChI is InChI=1S/C27H30N2O4/c1-18(30)28-21-9-6-20(7-10-21)25(32)17-29-14-12-27(13-15-29)16-24(31)23-11-8-19-4-2-3-5-22(19)26(23)33-27/h2-11,24-25,31-32H,12-17H2,1H3,(H,28,30)/t24-,25-/m1/s1. The Morgan fingerprint density at radius 3 is 2.58 bits per heavy atom. The highest BCUT2D eigenvalue weighted by molar-refractivity contribution is 5.90. The summed E-state index contributed by atoms with van der Waals surface area (Å²) in [5.41, 5.74) is 2.05. The van der Waals surface area contributed by atoms with Gasteiger partial charge >= 0.3 is 0 Å². The predicted molar refractivity (Wildman–Crippen MR) is 128 cm³/mol. The number of rotatable bonds is 4. The van der Waals surface area contributed by atoms with Crippen molar-refractivity contribution in [1.82, 2.24) is 4.90 Å². The molecule has 1 saturated heterocycles. The summed E-state index contributed by atoms with van der Waals surface area (Å²) in [7, 11) is 0. The van der Waals surface area contributed by atoms with Crippen LogP contribution in [0, 0.1) is 0 Å². The van der Waals surface area contributed by atoms with E-state index in [0.717, 1.165) is 59.3 Å². The predicted octanol–water partition coefficient (Wildman–Crippen LogP) is 4.18. The average molecular weight is 447 g/mol. The number of aliphatic hydroxyl groups excluding tert-OH is 2. The van der Waals surface area contributed by atoms with Crippen molar-refractivity contribution in [2.24, 2.45) is 0 Å². The Labute approximate surface area is 193 Å². The lowest BCUT2D eigenvalue weighted by Crippen LogP contribution is -2.51. The molecule has 2 aliphatic rings. The number of nitrogens with zero attached hydrogens (tertiary/aromatic N) is 1. The molecule has 3 aromatic carbocycles. The van der Waals surface area contributed by atoms with E-state index < -0.39 is 12.2 Å². The molecule has 0 saturated carbocycles. The zero-order chi connectivity index (χ0) is 23.0. The number of hydrogen-bond acceptors (Lipinski definition) is 5. The largest absolute Gasteiger partial charge is 0.486 e. The van der Waals surface area contributed by atoms with Gasteiger partial charge in [0.25, 0.3) is 0 Å². The summed E-state index contributed by atoms with van der Waals surface area (Å²) in [6.07, 6.45) is 1.08. The minimum Gasteiger partial charge on any atom is -0.486 e. The second kappa shape index (κ2) is 8.78. The van der Waals surface area contributed by atoms with Crippen LogP contribution in [0.15, 0.2) is 60.7 Å². The van der Waals surface area contributed by atoms with E-state index in [0.29, 0.717) is 13.0 Å². The van der Waals surface area contributed by atoms with Crippen LogP contribution in [0.5, 0.6) is 5.75 Å². The summed E-state index contributed by atoms with van der Waals surface area (Å²) < 4.78 is 6.64. The molecule has 5 rings (SSSR count). The first-order valence-corrected chi connectivity index (χ1v) is 11.6. The number of likely N-dealkylation sites (tertiary alicyclic amines) is 1. The van der Waals surface area contributed by atoms with Gasteiger partial charge in [-0.2, -0.15) is 0 Å². The van der Waals surface area contributed by atoms with E-state index in [9.17, 15) is 15.0 Å². The lowest BCUT2D eigenvalue weighted by molar-refractivity contribution is -0.114. The molecule has 3 N–H and O–H groups in total. The number of fused-ring (bicyclic) bond motifs is 3. The topological polar surface area (TPSA) is 82.0 Å². The van der Waals surface area contributed by atoms with Gasteiger partial charge in [-0.3, -0.25) is 4.79 Å². The number of benzene rings is 3. The highest BCUT2D eigenvalue weighted by atomic mass is 16.5. The number of amides is 1. The quantitative estimate of drug-likeness (QED) is 0.560. The first kappa shape index (κ1) is 21.9. The maximum absolute atomic E-state index is 11.2. The number of β-amino-alcohol motifs (C(OH)–C–C–N with tert-alkyl or cyclic N) is 1. The molecule has 1 fully saturated rings. The van der Waals surface area contributed by atoms with E-state index in [2.05, 4.69) is 22.3 Å². The van der Waals surface area contributed by atoms with Crippen molar-refractivity contribution < 1.29 is 19.7 Å². The Bertz CT molecular complexity index is 1150. The summed E-state index contributed by atoms with van der Waals surface area (Å²) in [5.74, 6) is 0.704. The molecular formula is C27H30N2O4. The monoisotopic (exact) mass is 446 g/mol. The molecule has 0 aliphatic carbocycles. The molecule has 2 atom stereocenters. The number of hydrogen-bond donors (Lipinski definition) is 3. The van der Waals surface area contributed by atoms with E-state index in [4.69, 9.17) is 4.74 Å². The molecule has 0 unspecified atom stereocenters. The molecule has 0 bridgehead atoms. The average Bonchev–Trinajstić information content (AvgIpc) is 2.81. The van der Waals surface area contributed by atoms with Gasteiger partial charge in [-0.05, 0) is 35.9 Å². The Balaban J connectivity index is 1.25. The summed E-state index contributed by atoms with van der Waals surface area (Å²) in [5, 5.41) is 26.6. The lowest BCUT2D eigenvalue weighted by Gasteiger charge is -2.46. The first-order chi connectivity index (χ1) is 15.9. The Hall–Kier alpha value is -2.93. The summed E-state index contributed by atoms with van der Waals surface area (Å²) in [4.78, 5) is 13.4. The van der Waals surface area contributed by atoms with Gasteiger partial charge in [0.1, 0.15) is 11.4 Å². The van der Waals surface area contributed by atoms with Crippen LogP contribution in [-0.4, -0.2) is 46.3 Å². The third kappa shape index (κ3) is 4.47. The maximum atomic E-state index is 11.2. The normalized spacial score (nSPS) is 20.8. The molecular weight excluding hydrogens is 416 g/mol. The fourth-order valence-corrected chi connectivity index (χ4v) is 5.15. The van der Waals surface area contributed by atoms with Gasteiger partial charge < -0.3 is 25.2 Å². The number of aliphatic hydroxyl groups is 2. The first-order valence-electron chi connectivity index (χ1n) is 11.6. The third-order valence-corrected chi connectivity index (χ3v) is 6.97. The number of carbonyl (C=O) groups is 1. The van der Waals surface area contributed by atoms with Crippen molar-refractivity contribution in [2.45, 2.75) is 44.0 Å². The van der Waals surface area contributed by atoms with Crippen LogP contribution < -0.4 is 10.1 Å². The summed E-state index contributed by atoms with van der Waals surface area (Å²) in [6, 6.07) is 19.5. The lowest BCUT2D eigenvalue weighted by atomic mass is 9.81. The van der Waals surface area contributed by atoms with Gasteiger partial charge in [0.05, 0.1) is 12.2 Å². The van der Waals surface area contributed by atoms with Crippen molar-refractivity contribution in [1.29, 1.82) is 0 Å². The number of nitrogens with one attached hydrogen (secondary N) is 1. The SMILES string of the molecule is CC(=O)Nc1ccc([C@H](O)CN2CCC3(CC2)C[C@@H](O)c2ccc4ccccc4c2O3)cc1. The Kier molecular flexibility index (Phi) is 5.83. The van der Waals surface area contributed by atoms with Crippen LogP contribution in [-0.2, 0) is 4.79 Å². The Morgan fingerprint density at radius 2 is 1.85 bits per heavy atom. The van der Waals surface area contributed by atoms with Crippen LogP contribution in [0.3, 0.4) is 0 Å². The smallest absolute Gasteiger partial charge is 0.221 e. The minimum atomic E-state index is -0.604. The van der Waals surface area contributed by atoms with Gasteiger partial charge in [-0.25, -0.2) is 0 Å². The maximum Gasteiger partial charge on any atom is 0.221 e. The van der Waals surface area contributed by atoms with Gasteiger partial charge in [-0.15, -0.1) is 0 Å². The number of anilines is 1. The number of piperidine rings is 1. The van der Waals surface area contributed by atoms with Crippen molar-refractivity contribution in [3.8, 4) is 5.75 Å². The van der Waals surface area contributed by atoms with Crippen LogP contribution >= 0.6 is 0 Å². The van der Waals surface area contributed by atoms with Crippen molar-refractivity contribution in [2.75, 3.05) is 25.0 Å². The number of carbonyl (C=O) groups excluding carboxylic acids is 1. The Morgan fingerprint density at radius 1 is 1.12 bits per heavy atom. The van der Waals surface area contributed by atoms with E-state index in [1.165, 1.54) is 6.92 Å². The highest BCUT2D eigenvalue weighted by Crippen LogP contribution is 2.47. The molecule has 172 valence electrons. The minimum absolute atomic E-state index is 0.115. The van der Waals surface area contributed by atoms with Crippen LogP contribution in [0.1, 0.15) is 49.5 Å². The van der Waals surface area contributed by atoms with Crippen molar-refractivity contribution in [3.05, 3.63) is 71.8 Å². The van der Waals surface area contributed by atoms with Gasteiger partial charge in [0.2, 0.25) is 5.91 Å². The van der Waals surface area contributed by atoms with Crippen LogP contribution in [0.25, 0.3) is 10.8 Å². The van der Waals surface area contributed by atoms with E-state index >= 15 is 0 Å². The summed E-state index contributed by atoms with van der Waals surface area (Å²) >= 11 is 0. The third-order valence-electron chi connectivity index (χ3n) is 6.97. The molecule has 33 heavy (non-hydrogen) atoms. The molecule has 2 aliphatic heterocycles. The second-order valence-electron chi connectivity index (χ2n) is 9.33. The molecule has 0 radical (unpaired) electrons. The molecule has 0 aromatic heterocycles. The van der Waals surface area contributed by atoms with E-state index in [1.54, 1.807) is 0 Å². The van der Waals surface area contributed by atoms with E-state index in [1.807, 2.05) is 48.5 Å². The van der Waals surface area contributed by atoms with Gasteiger partial charge in [0.15, 0.2) is 0 Å². The fraction of sp³-hybridized carbons (Fsp3) is 0.370. The summed E-state index contributed by atoms with van der Waals surface area (Å²) in [6.45, 7) is 3.61. The fourth-order valence-electron chi connectivity index (χ4n) is 5.15. The number of ether oxygens (including phenoxy) is 1. The van der Waals surface area contributed by atoms with Gasteiger partial charge in [0, 0.05) is 49.6 Å². The second-order valence-corrected chi connectivity index (χ2v) is 9.33. The zero-order valence-corrected chi connectivity index (χ0v) is 18.8.